The molecule has 0 aromatic carbocycles. The van der Waals surface area contributed by atoms with Crippen LogP contribution in [0.4, 0.5) is 0 Å². The molecule has 3 N–H and O–H groups in total. The number of aromatic nitrogens is 3. The molecule has 0 unspecified atom stereocenters. The van der Waals surface area contributed by atoms with Crippen LogP contribution in [0, 0.1) is 0 Å². The van der Waals surface area contributed by atoms with E-state index in [-0.39, 0.29) is 17.8 Å². The van der Waals surface area contributed by atoms with Crippen LogP contribution in [-0.2, 0) is 0 Å². The molecule has 0 radical (unpaired) electrons. The molecule has 2 rings (SSSR count). The maximum absolute atomic E-state index is 11.7. The number of carbonyl (C=O) groups is 1. The summed E-state index contributed by atoms with van der Waals surface area (Å²) in [5, 5.41) is 8.67. The van der Waals surface area contributed by atoms with Gasteiger partial charge in [-0.3, -0.25) is 9.78 Å². The fraction of sp³-hybridized carbons (Fsp3) is 0.700. The van der Waals surface area contributed by atoms with Gasteiger partial charge in [0.05, 0.1) is 0 Å². The Kier molecular flexibility index (Phi) is 3.38. The Bertz CT molecular complexity index is 401. The van der Waals surface area contributed by atoms with Crippen LogP contribution in [0.3, 0.4) is 0 Å². The zero-order valence-electron chi connectivity index (χ0n) is 9.08. The van der Waals surface area contributed by atoms with Crippen molar-refractivity contribution in [2.45, 2.75) is 44.6 Å². The van der Waals surface area contributed by atoms with E-state index in [2.05, 4.69) is 20.5 Å². The topological polar surface area (TPSA) is 90.6 Å². The predicted octanol–water partition coefficient (Wildman–Crippen LogP) is 0.551. The first kappa shape index (κ1) is 10.9. The van der Waals surface area contributed by atoms with Crippen molar-refractivity contribution in [1.29, 1.82) is 0 Å². The number of aromatic amines is 2. The van der Waals surface area contributed by atoms with E-state index in [1.807, 2.05) is 0 Å². The van der Waals surface area contributed by atoms with E-state index in [0.717, 1.165) is 25.7 Å². The molecule has 0 atom stereocenters. The molecule has 1 heterocycles. The first-order chi connectivity index (χ1) is 7.75. The van der Waals surface area contributed by atoms with E-state index in [9.17, 15) is 9.59 Å². The zero-order valence-corrected chi connectivity index (χ0v) is 9.08. The number of hydrogen-bond donors (Lipinski definition) is 3. The van der Waals surface area contributed by atoms with Crippen LogP contribution < -0.4 is 11.0 Å². The summed E-state index contributed by atoms with van der Waals surface area (Å²) >= 11 is 0. The molecule has 1 aliphatic carbocycles. The van der Waals surface area contributed by atoms with Gasteiger partial charge in [-0.2, -0.15) is 0 Å². The molecule has 6 heteroatoms. The van der Waals surface area contributed by atoms with Gasteiger partial charge in [0.2, 0.25) is 5.82 Å². The Labute approximate surface area is 92.8 Å². The van der Waals surface area contributed by atoms with Gasteiger partial charge in [-0.15, -0.1) is 5.10 Å². The van der Waals surface area contributed by atoms with Gasteiger partial charge in [0, 0.05) is 6.04 Å². The summed E-state index contributed by atoms with van der Waals surface area (Å²) in [5.74, 6) is -0.237. The first-order valence-corrected chi connectivity index (χ1v) is 5.71. The Morgan fingerprint density at radius 2 is 1.94 bits per heavy atom. The molecule has 16 heavy (non-hydrogen) atoms. The molecule has 1 fully saturated rings. The minimum atomic E-state index is -0.453. The number of hydrogen-bond acceptors (Lipinski definition) is 3. The highest BCUT2D eigenvalue weighted by Gasteiger charge is 2.17. The third-order valence-electron chi connectivity index (χ3n) is 2.91. The van der Waals surface area contributed by atoms with Crippen LogP contribution in [0.5, 0.6) is 0 Å². The molecule has 0 aliphatic heterocycles. The maximum atomic E-state index is 11.7. The van der Waals surface area contributed by atoms with Crippen LogP contribution in [0.2, 0.25) is 0 Å². The van der Waals surface area contributed by atoms with E-state index in [1.165, 1.54) is 12.8 Å². The number of nitrogens with zero attached hydrogens (tertiary/aromatic N) is 1. The summed E-state index contributed by atoms with van der Waals surface area (Å²) in [6.45, 7) is 0. The van der Waals surface area contributed by atoms with Crippen molar-refractivity contribution in [1.82, 2.24) is 20.5 Å². The average molecular weight is 224 g/mol. The second-order valence-corrected chi connectivity index (χ2v) is 4.19. The van der Waals surface area contributed by atoms with E-state index in [4.69, 9.17) is 0 Å². The smallest absolute Gasteiger partial charge is 0.341 e. The Morgan fingerprint density at radius 1 is 1.25 bits per heavy atom. The van der Waals surface area contributed by atoms with Gasteiger partial charge in [-0.05, 0) is 12.8 Å². The lowest BCUT2D eigenvalue weighted by molar-refractivity contribution is 0.0923. The summed E-state index contributed by atoms with van der Waals surface area (Å²) in [4.78, 5) is 24.8. The van der Waals surface area contributed by atoms with Gasteiger partial charge in [0.1, 0.15) is 0 Å². The fourth-order valence-corrected chi connectivity index (χ4v) is 2.06. The van der Waals surface area contributed by atoms with E-state index >= 15 is 0 Å². The number of H-pyrrole nitrogens is 2. The SMILES string of the molecule is O=C(NC1CCCCCC1)c1n[nH]c(=O)[nH]1. The highest BCUT2D eigenvalue weighted by atomic mass is 16.2. The van der Waals surface area contributed by atoms with E-state index in [1.54, 1.807) is 0 Å². The molecule has 1 aliphatic rings. The van der Waals surface area contributed by atoms with E-state index in [0.29, 0.717) is 0 Å². The lowest BCUT2D eigenvalue weighted by atomic mass is 10.1. The highest BCUT2D eigenvalue weighted by molar-refractivity contribution is 5.90. The molecule has 1 saturated carbocycles. The summed E-state index contributed by atoms with van der Waals surface area (Å²) < 4.78 is 0. The third kappa shape index (κ3) is 2.71. The highest BCUT2D eigenvalue weighted by Crippen LogP contribution is 2.17. The molecular weight excluding hydrogens is 208 g/mol. The van der Waals surface area contributed by atoms with Gasteiger partial charge in [-0.1, -0.05) is 25.7 Å². The molecule has 1 aromatic rings. The summed E-state index contributed by atoms with van der Waals surface area (Å²) in [6.07, 6.45) is 6.82. The van der Waals surface area contributed by atoms with Crippen LogP contribution in [0.15, 0.2) is 4.79 Å². The third-order valence-corrected chi connectivity index (χ3v) is 2.91. The van der Waals surface area contributed by atoms with Crippen LogP contribution in [0.1, 0.15) is 49.1 Å². The van der Waals surface area contributed by atoms with Gasteiger partial charge >= 0.3 is 5.69 Å². The van der Waals surface area contributed by atoms with Crippen molar-refractivity contribution >= 4 is 5.91 Å². The quantitative estimate of drug-likeness (QED) is 0.641. The van der Waals surface area contributed by atoms with Crippen molar-refractivity contribution in [3.05, 3.63) is 16.3 Å². The number of rotatable bonds is 2. The predicted molar refractivity (Wildman–Crippen MR) is 58.2 cm³/mol. The first-order valence-electron chi connectivity index (χ1n) is 5.71. The molecule has 6 nitrogen and oxygen atoms in total. The van der Waals surface area contributed by atoms with Gasteiger partial charge in [0.25, 0.3) is 5.91 Å². The van der Waals surface area contributed by atoms with Crippen molar-refractivity contribution in [3.8, 4) is 0 Å². The fourth-order valence-electron chi connectivity index (χ4n) is 2.06. The van der Waals surface area contributed by atoms with Crippen LogP contribution in [0.25, 0.3) is 0 Å². The van der Waals surface area contributed by atoms with E-state index < -0.39 is 5.69 Å². The second kappa shape index (κ2) is 4.96. The summed E-state index contributed by atoms with van der Waals surface area (Å²) in [7, 11) is 0. The zero-order chi connectivity index (χ0) is 11.4. The molecular formula is C10H16N4O2. The van der Waals surface area contributed by atoms with Gasteiger partial charge in [0.15, 0.2) is 0 Å². The Balaban J connectivity index is 1.93. The molecule has 0 spiro atoms. The van der Waals surface area contributed by atoms with Crippen molar-refractivity contribution < 1.29 is 4.79 Å². The van der Waals surface area contributed by atoms with Gasteiger partial charge < -0.3 is 5.32 Å². The second-order valence-electron chi connectivity index (χ2n) is 4.19. The lowest BCUT2D eigenvalue weighted by Gasteiger charge is -2.14. The minimum absolute atomic E-state index is 0.0641. The van der Waals surface area contributed by atoms with Crippen molar-refractivity contribution in [2.75, 3.05) is 0 Å². The average Bonchev–Trinajstić information content (AvgIpc) is 2.54. The number of carbonyl (C=O) groups excluding carboxylic acids is 1. The van der Waals surface area contributed by atoms with Crippen molar-refractivity contribution in [3.63, 3.8) is 0 Å². The summed E-state index contributed by atoms with van der Waals surface area (Å²) in [6, 6.07) is 0.218. The number of nitrogens with one attached hydrogen (secondary N) is 3. The largest absolute Gasteiger partial charge is 0.347 e. The molecule has 1 amide bonds. The summed E-state index contributed by atoms with van der Waals surface area (Å²) in [5.41, 5.74) is -0.453. The van der Waals surface area contributed by atoms with Crippen LogP contribution in [-0.4, -0.2) is 27.1 Å². The van der Waals surface area contributed by atoms with Crippen molar-refractivity contribution in [2.24, 2.45) is 0 Å². The van der Waals surface area contributed by atoms with Crippen LogP contribution >= 0.6 is 0 Å². The molecule has 0 bridgehead atoms. The molecule has 1 aromatic heterocycles. The maximum Gasteiger partial charge on any atom is 0.341 e. The lowest BCUT2D eigenvalue weighted by Crippen LogP contribution is -2.35. The Hall–Kier alpha value is -1.59. The number of amides is 1. The minimum Gasteiger partial charge on any atom is -0.347 e. The monoisotopic (exact) mass is 224 g/mol. The molecule has 88 valence electrons. The van der Waals surface area contributed by atoms with Gasteiger partial charge in [-0.25, -0.2) is 9.89 Å². The standard InChI is InChI=1S/C10H16N4O2/c15-9(8-12-10(16)14-13-8)11-7-5-3-1-2-4-6-7/h7H,1-6H2,(H,11,15)(H2,12,13,14,16). The Morgan fingerprint density at radius 3 is 2.50 bits per heavy atom. The normalized spacial score (nSPS) is 18.0. The molecule has 0 saturated heterocycles.